The molecule has 1 N–H and O–H groups in total. The summed E-state index contributed by atoms with van der Waals surface area (Å²) in [6, 6.07) is 10.3. The number of nitrogens with zero attached hydrogens (tertiary/aromatic N) is 3. The number of pyridine rings is 1. The minimum absolute atomic E-state index is 0.151. The Hall–Kier alpha value is -3.42. The summed E-state index contributed by atoms with van der Waals surface area (Å²) in [5, 5.41) is 2.74. The molecule has 8 nitrogen and oxygen atoms in total. The van der Waals surface area contributed by atoms with E-state index in [4.69, 9.17) is 4.74 Å². The number of ether oxygens (including phenoxy) is 1. The van der Waals surface area contributed by atoms with Crippen LogP contribution in [0.3, 0.4) is 0 Å². The first-order valence-electron chi connectivity index (χ1n) is 8.41. The molecular formula is C19H20N4O4. The summed E-state index contributed by atoms with van der Waals surface area (Å²) in [7, 11) is 3.29. The Morgan fingerprint density at radius 2 is 2.07 bits per heavy atom. The van der Waals surface area contributed by atoms with Crippen molar-refractivity contribution in [2.75, 3.05) is 32.1 Å². The molecule has 0 saturated carbocycles. The van der Waals surface area contributed by atoms with E-state index in [1.165, 1.54) is 9.80 Å². The minimum Gasteiger partial charge on any atom is -0.482 e. The van der Waals surface area contributed by atoms with Crippen molar-refractivity contribution >= 4 is 23.4 Å². The fraction of sp³-hybridized carbons (Fsp3) is 0.263. The van der Waals surface area contributed by atoms with Crippen molar-refractivity contribution < 1.29 is 19.1 Å². The van der Waals surface area contributed by atoms with E-state index in [1.54, 1.807) is 50.6 Å². The van der Waals surface area contributed by atoms with E-state index in [1.807, 2.05) is 6.07 Å². The predicted molar refractivity (Wildman–Crippen MR) is 98.4 cm³/mol. The highest BCUT2D eigenvalue weighted by atomic mass is 16.5. The summed E-state index contributed by atoms with van der Waals surface area (Å²) in [4.78, 5) is 43.7. The van der Waals surface area contributed by atoms with E-state index >= 15 is 0 Å². The van der Waals surface area contributed by atoms with Crippen LogP contribution in [0.2, 0.25) is 0 Å². The number of anilines is 1. The second-order valence-corrected chi connectivity index (χ2v) is 6.25. The molecule has 0 radical (unpaired) electrons. The van der Waals surface area contributed by atoms with Crippen molar-refractivity contribution in [3.05, 3.63) is 53.9 Å². The first kappa shape index (κ1) is 18.4. The van der Waals surface area contributed by atoms with E-state index in [0.717, 1.165) is 5.69 Å². The Labute approximate surface area is 156 Å². The number of carbonyl (C=O) groups is 3. The molecule has 1 aliphatic rings. The SMILES string of the molecule is CN(C)C(=O)c1ccc2c(c1)N(CC(=O)NCc1ccccn1)C(=O)CO2. The first-order chi connectivity index (χ1) is 13.0. The van der Waals surface area contributed by atoms with Gasteiger partial charge in [-0.15, -0.1) is 0 Å². The third-order valence-corrected chi connectivity index (χ3v) is 4.05. The number of hydrogen-bond donors (Lipinski definition) is 1. The highest BCUT2D eigenvalue weighted by Gasteiger charge is 2.28. The van der Waals surface area contributed by atoms with E-state index in [2.05, 4.69) is 10.3 Å². The average Bonchev–Trinajstić information content (AvgIpc) is 2.68. The van der Waals surface area contributed by atoms with Gasteiger partial charge in [-0.25, -0.2) is 0 Å². The summed E-state index contributed by atoms with van der Waals surface area (Å²) in [5.41, 5.74) is 1.54. The molecule has 3 amide bonds. The zero-order valence-electron chi connectivity index (χ0n) is 15.1. The summed E-state index contributed by atoms with van der Waals surface area (Å²) < 4.78 is 5.41. The van der Waals surface area contributed by atoms with Crippen LogP contribution >= 0.6 is 0 Å². The van der Waals surface area contributed by atoms with Crippen molar-refractivity contribution in [3.63, 3.8) is 0 Å². The number of rotatable bonds is 5. The van der Waals surface area contributed by atoms with Gasteiger partial charge in [0, 0.05) is 25.9 Å². The second-order valence-electron chi connectivity index (χ2n) is 6.25. The summed E-state index contributed by atoms with van der Waals surface area (Å²) >= 11 is 0. The highest BCUT2D eigenvalue weighted by Crippen LogP contribution is 2.33. The Morgan fingerprint density at radius 3 is 2.78 bits per heavy atom. The monoisotopic (exact) mass is 368 g/mol. The number of amides is 3. The molecule has 1 aromatic carbocycles. The molecule has 2 aromatic rings. The molecule has 1 aliphatic heterocycles. The molecule has 0 bridgehead atoms. The van der Waals surface area contributed by atoms with Gasteiger partial charge < -0.3 is 15.0 Å². The average molecular weight is 368 g/mol. The fourth-order valence-electron chi connectivity index (χ4n) is 2.66. The topological polar surface area (TPSA) is 91.8 Å². The zero-order valence-corrected chi connectivity index (χ0v) is 15.1. The van der Waals surface area contributed by atoms with Gasteiger partial charge in [0.2, 0.25) is 5.91 Å². The Kier molecular flexibility index (Phi) is 5.35. The normalized spacial score (nSPS) is 12.8. The lowest BCUT2D eigenvalue weighted by Gasteiger charge is -2.29. The van der Waals surface area contributed by atoms with Gasteiger partial charge in [-0.05, 0) is 30.3 Å². The van der Waals surface area contributed by atoms with Crippen molar-refractivity contribution in [1.29, 1.82) is 0 Å². The van der Waals surface area contributed by atoms with Crippen LogP contribution in [-0.2, 0) is 16.1 Å². The molecule has 0 spiro atoms. The van der Waals surface area contributed by atoms with Crippen LogP contribution < -0.4 is 15.0 Å². The van der Waals surface area contributed by atoms with Crippen LogP contribution in [0.25, 0.3) is 0 Å². The van der Waals surface area contributed by atoms with Gasteiger partial charge in [0.15, 0.2) is 6.61 Å². The molecule has 2 heterocycles. The van der Waals surface area contributed by atoms with E-state index in [-0.39, 0.29) is 37.4 Å². The molecule has 0 saturated heterocycles. The van der Waals surface area contributed by atoms with E-state index in [9.17, 15) is 14.4 Å². The number of nitrogens with one attached hydrogen (secondary N) is 1. The van der Waals surface area contributed by atoms with Crippen molar-refractivity contribution in [2.24, 2.45) is 0 Å². The Bertz CT molecular complexity index is 867. The quantitative estimate of drug-likeness (QED) is 0.844. The van der Waals surface area contributed by atoms with Crippen molar-refractivity contribution in [3.8, 4) is 5.75 Å². The largest absolute Gasteiger partial charge is 0.482 e. The van der Waals surface area contributed by atoms with Crippen LogP contribution in [0.15, 0.2) is 42.6 Å². The maximum Gasteiger partial charge on any atom is 0.265 e. The van der Waals surface area contributed by atoms with Gasteiger partial charge in [-0.2, -0.15) is 0 Å². The number of fused-ring (bicyclic) bond motifs is 1. The van der Waals surface area contributed by atoms with Crippen LogP contribution in [0, 0.1) is 0 Å². The standard InChI is InChI=1S/C19H20N4O4/c1-22(2)19(26)13-6-7-16-15(9-13)23(18(25)12-27-16)11-17(24)21-10-14-5-3-4-8-20-14/h3-9H,10-12H2,1-2H3,(H,21,24). The Morgan fingerprint density at radius 1 is 1.26 bits per heavy atom. The molecule has 0 aliphatic carbocycles. The molecule has 8 heteroatoms. The van der Waals surface area contributed by atoms with Crippen LogP contribution in [0.5, 0.6) is 5.75 Å². The van der Waals surface area contributed by atoms with Gasteiger partial charge in [0.25, 0.3) is 11.8 Å². The predicted octanol–water partition coefficient (Wildman–Crippen LogP) is 0.825. The smallest absolute Gasteiger partial charge is 0.265 e. The lowest BCUT2D eigenvalue weighted by atomic mass is 10.1. The molecule has 3 rings (SSSR count). The molecule has 0 atom stereocenters. The molecule has 27 heavy (non-hydrogen) atoms. The van der Waals surface area contributed by atoms with Gasteiger partial charge in [0.05, 0.1) is 17.9 Å². The van der Waals surface area contributed by atoms with Crippen LogP contribution in [0.1, 0.15) is 16.1 Å². The Balaban J connectivity index is 1.75. The van der Waals surface area contributed by atoms with Crippen LogP contribution in [0.4, 0.5) is 5.69 Å². The molecular weight excluding hydrogens is 348 g/mol. The van der Waals surface area contributed by atoms with Crippen LogP contribution in [-0.4, -0.2) is 54.9 Å². The minimum atomic E-state index is -0.343. The second kappa shape index (κ2) is 7.86. The lowest BCUT2D eigenvalue weighted by molar-refractivity contribution is -0.125. The molecule has 0 unspecified atom stereocenters. The summed E-state index contributed by atoms with van der Waals surface area (Å²) in [5.74, 6) is -0.408. The molecule has 0 fully saturated rings. The fourth-order valence-corrected chi connectivity index (χ4v) is 2.66. The maximum atomic E-state index is 12.3. The van der Waals surface area contributed by atoms with Gasteiger partial charge >= 0.3 is 0 Å². The van der Waals surface area contributed by atoms with Gasteiger partial charge in [-0.1, -0.05) is 6.07 Å². The van der Waals surface area contributed by atoms with E-state index in [0.29, 0.717) is 17.0 Å². The third-order valence-electron chi connectivity index (χ3n) is 4.05. The highest BCUT2D eigenvalue weighted by molar-refractivity contribution is 6.04. The molecule has 140 valence electrons. The third kappa shape index (κ3) is 4.22. The number of hydrogen-bond acceptors (Lipinski definition) is 5. The van der Waals surface area contributed by atoms with Crippen molar-refractivity contribution in [2.45, 2.75) is 6.54 Å². The van der Waals surface area contributed by atoms with Gasteiger partial charge in [0.1, 0.15) is 12.3 Å². The van der Waals surface area contributed by atoms with Gasteiger partial charge in [-0.3, -0.25) is 24.3 Å². The number of carbonyl (C=O) groups excluding carboxylic acids is 3. The molecule has 1 aromatic heterocycles. The summed E-state index contributed by atoms with van der Waals surface area (Å²) in [6.07, 6.45) is 1.65. The van der Waals surface area contributed by atoms with E-state index < -0.39 is 0 Å². The first-order valence-corrected chi connectivity index (χ1v) is 8.41. The lowest BCUT2D eigenvalue weighted by Crippen LogP contribution is -2.45. The number of aromatic nitrogens is 1. The zero-order chi connectivity index (χ0) is 19.4. The summed E-state index contributed by atoms with van der Waals surface area (Å²) in [6.45, 7) is -0.0483. The van der Waals surface area contributed by atoms with Crippen molar-refractivity contribution in [1.82, 2.24) is 15.2 Å². The maximum absolute atomic E-state index is 12.3. The number of benzene rings is 1.